The molecule has 0 atom stereocenters. The van der Waals surface area contributed by atoms with E-state index in [9.17, 15) is 5.26 Å². The number of nitrogens with zero attached hydrogens (tertiary/aromatic N) is 3. The molecule has 3 rings (SSSR count). The molecule has 30 heavy (non-hydrogen) atoms. The highest BCUT2D eigenvalue weighted by atomic mass is 32.2. The van der Waals surface area contributed by atoms with Gasteiger partial charge in [0.25, 0.3) is 0 Å². The second-order valence-electron chi connectivity index (χ2n) is 7.89. The maximum absolute atomic E-state index is 9.90. The minimum absolute atomic E-state index is 0.0636. The monoisotopic (exact) mass is 418 g/mol. The van der Waals surface area contributed by atoms with Gasteiger partial charge in [0, 0.05) is 17.7 Å². The Kier molecular flexibility index (Phi) is 6.63. The van der Waals surface area contributed by atoms with E-state index in [1.807, 2.05) is 42.7 Å². The van der Waals surface area contributed by atoms with Crippen LogP contribution in [0.15, 0.2) is 53.7 Å². The van der Waals surface area contributed by atoms with Crippen LogP contribution in [0.5, 0.6) is 5.75 Å². The maximum atomic E-state index is 9.90. The van der Waals surface area contributed by atoms with E-state index in [4.69, 9.17) is 4.74 Å². The van der Waals surface area contributed by atoms with Crippen molar-refractivity contribution >= 4 is 17.6 Å². The van der Waals surface area contributed by atoms with E-state index < -0.39 is 0 Å². The second kappa shape index (κ2) is 9.19. The first kappa shape index (κ1) is 21.7. The van der Waals surface area contributed by atoms with Gasteiger partial charge in [-0.15, -0.1) is 0 Å². The molecule has 6 heteroatoms. The van der Waals surface area contributed by atoms with Crippen LogP contribution in [0.25, 0.3) is 11.3 Å². The van der Waals surface area contributed by atoms with E-state index in [2.05, 4.69) is 54.3 Å². The number of nitriles is 1. The number of hydrogen-bond donors (Lipinski definition) is 1. The Morgan fingerprint density at radius 2 is 1.77 bits per heavy atom. The molecule has 1 N–H and O–H groups in total. The number of nitrogens with one attached hydrogen (secondary N) is 1. The van der Waals surface area contributed by atoms with Gasteiger partial charge in [-0.25, -0.2) is 9.97 Å². The molecule has 0 unspecified atom stereocenters. The summed E-state index contributed by atoms with van der Waals surface area (Å²) in [6.07, 6.45) is 1.93. The Balaban J connectivity index is 2.00. The molecule has 154 valence electrons. The van der Waals surface area contributed by atoms with Crippen molar-refractivity contribution in [1.82, 2.24) is 9.97 Å². The van der Waals surface area contributed by atoms with Crippen LogP contribution in [-0.4, -0.2) is 23.3 Å². The summed E-state index contributed by atoms with van der Waals surface area (Å²) in [5, 5.41) is 13.8. The lowest BCUT2D eigenvalue weighted by Gasteiger charge is -2.19. The van der Waals surface area contributed by atoms with Crippen LogP contribution in [0.1, 0.15) is 37.5 Å². The summed E-state index contributed by atoms with van der Waals surface area (Å²) in [5.41, 5.74) is 4.26. The van der Waals surface area contributed by atoms with Crippen molar-refractivity contribution in [2.45, 2.75) is 37.9 Å². The van der Waals surface area contributed by atoms with Gasteiger partial charge in [0.1, 0.15) is 23.2 Å². The van der Waals surface area contributed by atoms with Gasteiger partial charge in [-0.05, 0) is 23.3 Å². The highest BCUT2D eigenvalue weighted by molar-refractivity contribution is 7.98. The molecule has 0 aliphatic rings. The van der Waals surface area contributed by atoms with Crippen LogP contribution < -0.4 is 10.1 Å². The highest BCUT2D eigenvalue weighted by Crippen LogP contribution is 2.31. The fraction of sp³-hybridized carbons (Fsp3) is 0.292. The van der Waals surface area contributed by atoms with Gasteiger partial charge in [0.05, 0.1) is 12.8 Å². The third kappa shape index (κ3) is 4.74. The molecule has 3 aromatic rings. The molecule has 0 aliphatic heterocycles. The highest BCUT2D eigenvalue weighted by Gasteiger charge is 2.18. The predicted molar refractivity (Wildman–Crippen MR) is 123 cm³/mol. The smallest absolute Gasteiger partial charge is 0.189 e. The van der Waals surface area contributed by atoms with E-state index in [0.29, 0.717) is 28.8 Å². The molecule has 0 radical (unpaired) electrons. The van der Waals surface area contributed by atoms with Crippen molar-refractivity contribution in [1.29, 1.82) is 5.26 Å². The Bertz CT molecular complexity index is 1070. The number of methoxy groups -OCH3 is 1. The van der Waals surface area contributed by atoms with Gasteiger partial charge < -0.3 is 10.1 Å². The van der Waals surface area contributed by atoms with Gasteiger partial charge in [-0.1, -0.05) is 75.0 Å². The van der Waals surface area contributed by atoms with Crippen molar-refractivity contribution in [3.8, 4) is 23.1 Å². The topological polar surface area (TPSA) is 70.8 Å². The van der Waals surface area contributed by atoms with E-state index in [0.717, 1.165) is 16.9 Å². The second-order valence-corrected chi connectivity index (χ2v) is 8.66. The number of rotatable bonds is 6. The van der Waals surface area contributed by atoms with Crippen molar-refractivity contribution < 1.29 is 4.74 Å². The molecule has 0 aliphatic carbocycles. The SMILES string of the molecule is COc1ccccc1CNc1nc(SC)nc(-c2ccc(C(C)(C)C)cc2)c1C#N. The van der Waals surface area contributed by atoms with E-state index in [1.165, 1.54) is 17.3 Å². The first-order chi connectivity index (χ1) is 14.4. The van der Waals surface area contributed by atoms with Gasteiger partial charge in [0.15, 0.2) is 5.16 Å². The van der Waals surface area contributed by atoms with Crippen LogP contribution in [0.4, 0.5) is 5.82 Å². The average Bonchev–Trinajstić information content (AvgIpc) is 2.76. The minimum atomic E-state index is 0.0636. The van der Waals surface area contributed by atoms with Crippen molar-refractivity contribution in [2.24, 2.45) is 0 Å². The van der Waals surface area contributed by atoms with Crippen LogP contribution in [-0.2, 0) is 12.0 Å². The van der Waals surface area contributed by atoms with Crippen molar-refractivity contribution in [3.63, 3.8) is 0 Å². The zero-order valence-corrected chi connectivity index (χ0v) is 18.8. The summed E-state index contributed by atoms with van der Waals surface area (Å²) in [4.78, 5) is 9.19. The standard InChI is InChI=1S/C24H26N4OS/c1-24(2,3)18-12-10-16(11-13-18)21-19(14-25)22(28-23(27-21)30-5)26-15-17-8-6-7-9-20(17)29-4/h6-13H,15H2,1-5H3,(H,26,27,28). The number of anilines is 1. The molecular weight excluding hydrogens is 392 g/mol. The summed E-state index contributed by atoms with van der Waals surface area (Å²) >= 11 is 1.45. The Morgan fingerprint density at radius 1 is 1.07 bits per heavy atom. The normalized spacial score (nSPS) is 11.1. The third-order valence-electron chi connectivity index (χ3n) is 4.85. The van der Waals surface area contributed by atoms with Crippen molar-refractivity contribution in [3.05, 3.63) is 65.2 Å². The lowest BCUT2D eigenvalue weighted by molar-refractivity contribution is 0.410. The fourth-order valence-corrected chi connectivity index (χ4v) is 3.50. The Hall–Kier alpha value is -3.04. The van der Waals surface area contributed by atoms with Crippen LogP contribution in [0, 0.1) is 11.3 Å². The molecule has 2 aromatic carbocycles. The van der Waals surface area contributed by atoms with E-state index in [1.54, 1.807) is 7.11 Å². The quantitative estimate of drug-likeness (QED) is 0.412. The molecule has 1 heterocycles. The first-order valence-electron chi connectivity index (χ1n) is 9.70. The molecule has 0 saturated carbocycles. The number of thioether (sulfide) groups is 1. The minimum Gasteiger partial charge on any atom is -0.496 e. The van der Waals surface area contributed by atoms with E-state index in [-0.39, 0.29) is 5.41 Å². The number of benzene rings is 2. The van der Waals surface area contributed by atoms with Crippen LogP contribution in [0.2, 0.25) is 0 Å². The van der Waals surface area contributed by atoms with Crippen LogP contribution >= 0.6 is 11.8 Å². The molecule has 0 amide bonds. The summed E-state index contributed by atoms with van der Waals surface area (Å²) in [6.45, 7) is 7.03. The van der Waals surface area contributed by atoms with Gasteiger partial charge in [0.2, 0.25) is 0 Å². The first-order valence-corrected chi connectivity index (χ1v) is 10.9. The summed E-state index contributed by atoms with van der Waals surface area (Å²) in [5.74, 6) is 1.32. The zero-order chi connectivity index (χ0) is 21.7. The summed E-state index contributed by atoms with van der Waals surface area (Å²) in [7, 11) is 1.65. The number of hydrogen-bond acceptors (Lipinski definition) is 6. The lowest BCUT2D eigenvalue weighted by atomic mass is 9.86. The summed E-state index contributed by atoms with van der Waals surface area (Å²) in [6, 6.07) is 18.3. The van der Waals surface area contributed by atoms with Gasteiger partial charge in [-0.3, -0.25) is 0 Å². The molecule has 0 saturated heterocycles. The molecule has 1 aromatic heterocycles. The number of ether oxygens (including phenoxy) is 1. The Labute approximate surface area is 182 Å². The van der Waals surface area contributed by atoms with Gasteiger partial charge >= 0.3 is 0 Å². The maximum Gasteiger partial charge on any atom is 0.189 e. The Morgan fingerprint density at radius 3 is 2.37 bits per heavy atom. The molecule has 0 bridgehead atoms. The number of para-hydroxylation sites is 1. The molecular formula is C24H26N4OS. The largest absolute Gasteiger partial charge is 0.496 e. The average molecular weight is 419 g/mol. The van der Waals surface area contributed by atoms with Crippen molar-refractivity contribution in [2.75, 3.05) is 18.7 Å². The predicted octanol–water partition coefficient (Wildman–Crippen LogP) is 5.66. The van der Waals surface area contributed by atoms with Gasteiger partial charge in [-0.2, -0.15) is 5.26 Å². The lowest BCUT2D eigenvalue weighted by Crippen LogP contribution is -2.11. The fourth-order valence-electron chi connectivity index (χ4n) is 3.13. The van der Waals surface area contributed by atoms with Crippen LogP contribution in [0.3, 0.4) is 0 Å². The number of aromatic nitrogens is 2. The third-order valence-corrected chi connectivity index (χ3v) is 5.39. The van der Waals surface area contributed by atoms with E-state index >= 15 is 0 Å². The molecule has 0 spiro atoms. The molecule has 0 fully saturated rings. The summed E-state index contributed by atoms with van der Waals surface area (Å²) < 4.78 is 5.42. The molecule has 5 nitrogen and oxygen atoms in total. The zero-order valence-electron chi connectivity index (χ0n) is 18.0.